The summed E-state index contributed by atoms with van der Waals surface area (Å²) in [5, 5.41) is 6.16. The summed E-state index contributed by atoms with van der Waals surface area (Å²) in [6.07, 6.45) is 0. The molecule has 0 atom stereocenters. The highest BCUT2D eigenvalue weighted by atomic mass is 32.2. The second kappa shape index (κ2) is 9.47. The number of benzene rings is 1. The normalized spacial score (nSPS) is 11.4. The number of sulfonamides is 1. The molecule has 10 heteroatoms. The molecule has 9 nitrogen and oxygen atoms in total. The van der Waals surface area contributed by atoms with Crippen molar-refractivity contribution in [2.75, 3.05) is 19.7 Å². The molecule has 1 amide bonds. The predicted molar refractivity (Wildman–Crippen MR) is 99.9 cm³/mol. The van der Waals surface area contributed by atoms with Gasteiger partial charge < -0.3 is 14.6 Å². The SMILES string of the molecule is CCN(CC)S(=O)(=O)c1ccc(CNC(=O)COC(=O)c2cc(C)no2)cc1. The van der Waals surface area contributed by atoms with Crippen LogP contribution < -0.4 is 5.32 Å². The summed E-state index contributed by atoms with van der Waals surface area (Å²) in [6, 6.07) is 7.66. The number of hydrogen-bond acceptors (Lipinski definition) is 7. The number of carbonyl (C=O) groups excluding carboxylic acids is 2. The number of aryl methyl sites for hydroxylation is 1. The van der Waals surface area contributed by atoms with Gasteiger partial charge in [-0.1, -0.05) is 31.1 Å². The molecule has 152 valence electrons. The number of hydrogen-bond donors (Lipinski definition) is 1. The minimum atomic E-state index is -3.52. The summed E-state index contributed by atoms with van der Waals surface area (Å²) < 4.78 is 35.8. The number of ether oxygens (including phenoxy) is 1. The lowest BCUT2D eigenvalue weighted by molar-refractivity contribution is -0.124. The number of nitrogens with zero attached hydrogens (tertiary/aromatic N) is 2. The van der Waals surface area contributed by atoms with Gasteiger partial charge in [-0.25, -0.2) is 13.2 Å². The minimum absolute atomic E-state index is 0.0738. The van der Waals surface area contributed by atoms with Crippen LogP contribution in [0, 0.1) is 6.92 Å². The van der Waals surface area contributed by atoms with Crippen molar-refractivity contribution >= 4 is 21.9 Å². The first-order chi connectivity index (χ1) is 13.3. The maximum atomic E-state index is 12.4. The molecule has 0 spiro atoms. The van der Waals surface area contributed by atoms with Crippen LogP contribution in [0.3, 0.4) is 0 Å². The van der Waals surface area contributed by atoms with Crippen molar-refractivity contribution < 1.29 is 27.3 Å². The molecule has 1 aromatic carbocycles. The zero-order valence-electron chi connectivity index (χ0n) is 16.0. The quantitative estimate of drug-likeness (QED) is 0.623. The number of aromatic nitrogens is 1. The highest BCUT2D eigenvalue weighted by molar-refractivity contribution is 7.89. The molecule has 0 saturated carbocycles. The van der Waals surface area contributed by atoms with Gasteiger partial charge in [0.1, 0.15) is 0 Å². The van der Waals surface area contributed by atoms with Crippen LogP contribution in [0.2, 0.25) is 0 Å². The average Bonchev–Trinajstić information content (AvgIpc) is 3.12. The second-order valence-corrected chi connectivity index (χ2v) is 7.86. The number of nitrogens with one attached hydrogen (secondary N) is 1. The Morgan fingerprint density at radius 2 is 1.82 bits per heavy atom. The fourth-order valence-corrected chi connectivity index (χ4v) is 3.86. The fourth-order valence-electron chi connectivity index (χ4n) is 2.41. The van der Waals surface area contributed by atoms with Gasteiger partial charge in [0.25, 0.3) is 5.91 Å². The Morgan fingerprint density at radius 3 is 2.36 bits per heavy atom. The van der Waals surface area contributed by atoms with E-state index in [1.54, 1.807) is 32.9 Å². The van der Waals surface area contributed by atoms with Crippen molar-refractivity contribution in [2.24, 2.45) is 0 Å². The van der Waals surface area contributed by atoms with Gasteiger partial charge in [0.15, 0.2) is 6.61 Å². The van der Waals surface area contributed by atoms with E-state index in [4.69, 9.17) is 9.26 Å². The third-order valence-electron chi connectivity index (χ3n) is 3.92. The highest BCUT2D eigenvalue weighted by Gasteiger charge is 2.21. The van der Waals surface area contributed by atoms with Gasteiger partial charge in [-0.15, -0.1) is 0 Å². The van der Waals surface area contributed by atoms with E-state index < -0.39 is 28.5 Å². The summed E-state index contributed by atoms with van der Waals surface area (Å²) in [5.41, 5.74) is 1.24. The first kappa shape index (κ1) is 21.6. The van der Waals surface area contributed by atoms with Crippen molar-refractivity contribution in [2.45, 2.75) is 32.2 Å². The van der Waals surface area contributed by atoms with E-state index in [1.165, 1.54) is 22.5 Å². The number of rotatable bonds is 9. The molecule has 28 heavy (non-hydrogen) atoms. The van der Waals surface area contributed by atoms with Gasteiger partial charge in [-0.05, 0) is 24.6 Å². The Labute approximate surface area is 163 Å². The molecular weight excluding hydrogens is 386 g/mol. The summed E-state index contributed by atoms with van der Waals surface area (Å²) in [4.78, 5) is 23.7. The van der Waals surface area contributed by atoms with Crippen molar-refractivity contribution in [3.63, 3.8) is 0 Å². The maximum Gasteiger partial charge on any atom is 0.377 e. The lowest BCUT2D eigenvalue weighted by Crippen LogP contribution is -2.30. The van der Waals surface area contributed by atoms with Gasteiger partial charge in [0.2, 0.25) is 15.8 Å². The average molecular weight is 409 g/mol. The Bertz CT molecular complexity index is 917. The minimum Gasteiger partial charge on any atom is -0.450 e. The van der Waals surface area contributed by atoms with Crippen LogP contribution in [-0.2, 0) is 26.1 Å². The monoisotopic (exact) mass is 409 g/mol. The van der Waals surface area contributed by atoms with Crippen LogP contribution >= 0.6 is 0 Å². The molecule has 0 aliphatic heterocycles. The number of amides is 1. The molecule has 0 unspecified atom stereocenters. The molecule has 0 bridgehead atoms. The van der Waals surface area contributed by atoms with Gasteiger partial charge in [-0.2, -0.15) is 4.31 Å². The predicted octanol–water partition coefficient (Wildman–Crippen LogP) is 1.49. The molecule has 2 rings (SSSR count). The van der Waals surface area contributed by atoms with E-state index >= 15 is 0 Å². The molecule has 0 aliphatic carbocycles. The van der Waals surface area contributed by atoms with Gasteiger partial charge in [0.05, 0.1) is 10.6 Å². The van der Waals surface area contributed by atoms with Gasteiger partial charge in [-0.3, -0.25) is 4.79 Å². The zero-order valence-corrected chi connectivity index (χ0v) is 16.8. The third-order valence-corrected chi connectivity index (χ3v) is 5.98. The Hall–Kier alpha value is -2.72. The number of esters is 1. The molecule has 0 fully saturated rings. The van der Waals surface area contributed by atoms with Crippen LogP contribution in [0.5, 0.6) is 0 Å². The van der Waals surface area contributed by atoms with Crippen molar-refractivity contribution in [3.8, 4) is 0 Å². The van der Waals surface area contributed by atoms with Crippen LogP contribution in [0.25, 0.3) is 0 Å². The molecule has 1 aromatic heterocycles. The number of carbonyl (C=O) groups is 2. The van der Waals surface area contributed by atoms with Crippen LogP contribution in [-0.4, -0.2) is 49.5 Å². The summed E-state index contributed by atoms with van der Waals surface area (Å²) >= 11 is 0. The second-order valence-electron chi connectivity index (χ2n) is 5.92. The van der Waals surface area contributed by atoms with E-state index in [2.05, 4.69) is 10.5 Å². The molecule has 0 aliphatic rings. The smallest absolute Gasteiger partial charge is 0.377 e. The fraction of sp³-hybridized carbons (Fsp3) is 0.389. The van der Waals surface area contributed by atoms with Crippen LogP contribution in [0.4, 0.5) is 0 Å². The van der Waals surface area contributed by atoms with Crippen LogP contribution in [0.1, 0.15) is 35.7 Å². The molecule has 2 aromatic rings. The molecule has 1 N–H and O–H groups in total. The molecule has 0 saturated heterocycles. The van der Waals surface area contributed by atoms with Crippen molar-refractivity contribution in [3.05, 3.63) is 47.3 Å². The standard InChI is InChI=1S/C18H23N3O6S/c1-4-21(5-2)28(24,25)15-8-6-14(7-9-15)11-19-17(22)12-26-18(23)16-10-13(3)20-27-16/h6-10H,4-5,11-12H2,1-3H3,(H,19,22). The lowest BCUT2D eigenvalue weighted by atomic mass is 10.2. The van der Waals surface area contributed by atoms with Gasteiger partial charge in [0, 0.05) is 25.7 Å². The van der Waals surface area contributed by atoms with Crippen molar-refractivity contribution in [1.82, 2.24) is 14.8 Å². The molecule has 0 radical (unpaired) electrons. The van der Waals surface area contributed by atoms with E-state index in [1.807, 2.05) is 0 Å². The third kappa shape index (κ3) is 5.40. The molecular formula is C18H23N3O6S. The zero-order chi connectivity index (χ0) is 20.7. The topological polar surface area (TPSA) is 119 Å². The van der Waals surface area contributed by atoms with Crippen molar-refractivity contribution in [1.29, 1.82) is 0 Å². The van der Waals surface area contributed by atoms with E-state index in [9.17, 15) is 18.0 Å². The molecule has 1 heterocycles. The Kier molecular flexibility index (Phi) is 7.30. The van der Waals surface area contributed by atoms with Crippen LogP contribution in [0.15, 0.2) is 39.8 Å². The summed E-state index contributed by atoms with van der Waals surface area (Å²) in [5.74, 6) is -1.35. The first-order valence-electron chi connectivity index (χ1n) is 8.74. The first-order valence-corrected chi connectivity index (χ1v) is 10.2. The van der Waals surface area contributed by atoms with Gasteiger partial charge >= 0.3 is 5.97 Å². The Morgan fingerprint density at radius 1 is 1.18 bits per heavy atom. The Balaban J connectivity index is 1.85. The largest absolute Gasteiger partial charge is 0.450 e. The maximum absolute atomic E-state index is 12.4. The summed E-state index contributed by atoms with van der Waals surface area (Å²) in [6.45, 7) is 5.70. The van der Waals surface area contributed by atoms with E-state index in [0.717, 1.165) is 0 Å². The lowest BCUT2D eigenvalue weighted by Gasteiger charge is -2.18. The summed E-state index contributed by atoms with van der Waals surface area (Å²) in [7, 11) is -3.52. The van der Waals surface area contributed by atoms with E-state index in [0.29, 0.717) is 24.3 Å². The highest BCUT2D eigenvalue weighted by Crippen LogP contribution is 2.16. The van der Waals surface area contributed by atoms with E-state index in [-0.39, 0.29) is 17.2 Å².